The van der Waals surface area contributed by atoms with Gasteiger partial charge in [0.05, 0.1) is 18.4 Å². The number of benzene rings is 2. The zero-order valence-corrected chi connectivity index (χ0v) is 25.3. The summed E-state index contributed by atoms with van der Waals surface area (Å²) >= 11 is 0. The Hall–Kier alpha value is -4.00. The molecule has 6 rings (SSSR count). The second-order valence-electron chi connectivity index (χ2n) is 11.8. The summed E-state index contributed by atoms with van der Waals surface area (Å²) in [6.45, 7) is 15.4. The van der Waals surface area contributed by atoms with E-state index in [1.54, 1.807) is 12.2 Å². The molecule has 224 valence electrons. The van der Waals surface area contributed by atoms with Crippen LogP contribution in [-0.2, 0) is 22.6 Å². The van der Waals surface area contributed by atoms with Crippen LogP contribution in [0.25, 0.3) is 15.6 Å². The monoisotopic (exact) mass is 580 g/mol. The SMILES string of the molecule is [C-]#[N+]C[C@H]1CN(c2nc(OC[C@@H]3CCCN3C)nc3c2COC(c2cccc4cccc(C)c24)C3)CCN1C(=O)/C=C/C. The lowest BCUT2D eigenvalue weighted by Gasteiger charge is -2.40. The van der Waals surface area contributed by atoms with Gasteiger partial charge in [-0.05, 0) is 68.3 Å². The van der Waals surface area contributed by atoms with Crippen LogP contribution >= 0.6 is 0 Å². The van der Waals surface area contributed by atoms with E-state index in [4.69, 9.17) is 26.0 Å². The van der Waals surface area contributed by atoms with Gasteiger partial charge in [-0.3, -0.25) is 4.79 Å². The number of ether oxygens (including phenoxy) is 2. The molecule has 2 fully saturated rings. The van der Waals surface area contributed by atoms with Gasteiger partial charge in [-0.1, -0.05) is 42.5 Å². The largest absolute Gasteiger partial charge is 0.462 e. The van der Waals surface area contributed by atoms with Gasteiger partial charge in [0, 0.05) is 37.7 Å². The second kappa shape index (κ2) is 12.7. The zero-order valence-electron chi connectivity index (χ0n) is 25.3. The normalized spacial score (nSPS) is 22.6. The van der Waals surface area contributed by atoms with Crippen molar-refractivity contribution in [2.45, 2.75) is 57.9 Å². The summed E-state index contributed by atoms with van der Waals surface area (Å²) in [6, 6.07) is 13.3. The standard InChI is InChI=1S/C34H40N6O3/c1-5-9-31(41)40-17-16-39(20-26(40)19-35-3)33-28-22-42-30(27-14-7-12-24-11-6-10-23(2)32(24)27)18-29(28)36-34(37-33)43-21-25-13-8-15-38(25)4/h5-7,9-12,14,25-26,30H,8,13,15-22H2,1-2,4H3/b9-5+/t25-,26-,30?/m0/s1. The van der Waals surface area contributed by atoms with Crippen molar-refractivity contribution in [1.82, 2.24) is 19.8 Å². The first kappa shape index (κ1) is 29.1. The molecular weight excluding hydrogens is 540 g/mol. The Bertz CT molecular complexity index is 1560. The summed E-state index contributed by atoms with van der Waals surface area (Å²) in [5, 5.41) is 2.44. The number of amides is 1. The molecular formula is C34H40N6O3. The number of rotatable bonds is 7. The Labute approximate surface area is 253 Å². The van der Waals surface area contributed by atoms with Crippen molar-refractivity contribution in [3.05, 3.63) is 82.4 Å². The number of hydrogen-bond acceptors (Lipinski definition) is 7. The van der Waals surface area contributed by atoms with E-state index in [0.717, 1.165) is 30.0 Å². The summed E-state index contributed by atoms with van der Waals surface area (Å²) < 4.78 is 12.9. The Kier molecular flexibility index (Phi) is 8.59. The van der Waals surface area contributed by atoms with Crippen molar-refractivity contribution in [3.63, 3.8) is 0 Å². The fourth-order valence-corrected chi connectivity index (χ4v) is 6.79. The molecule has 0 N–H and O–H groups in total. The summed E-state index contributed by atoms with van der Waals surface area (Å²) in [5.74, 6) is 0.738. The average Bonchev–Trinajstić information content (AvgIpc) is 3.43. The second-order valence-corrected chi connectivity index (χ2v) is 11.8. The van der Waals surface area contributed by atoms with Crippen LogP contribution in [-0.4, -0.2) is 84.1 Å². The number of fused-ring (bicyclic) bond motifs is 2. The highest BCUT2D eigenvalue weighted by Crippen LogP contribution is 2.38. The predicted molar refractivity (Wildman–Crippen MR) is 167 cm³/mol. The minimum absolute atomic E-state index is 0.0539. The Balaban J connectivity index is 1.33. The number of likely N-dealkylation sites (tertiary alicyclic amines) is 1. The van der Waals surface area contributed by atoms with Crippen LogP contribution < -0.4 is 9.64 Å². The van der Waals surface area contributed by atoms with E-state index in [1.165, 1.54) is 28.3 Å². The molecule has 1 unspecified atom stereocenters. The van der Waals surface area contributed by atoms with Gasteiger partial charge in [-0.15, -0.1) is 0 Å². The highest BCUT2D eigenvalue weighted by molar-refractivity contribution is 5.89. The molecule has 0 radical (unpaired) electrons. The van der Waals surface area contributed by atoms with Gasteiger partial charge in [-0.2, -0.15) is 9.97 Å². The van der Waals surface area contributed by atoms with Gasteiger partial charge in [0.25, 0.3) is 0 Å². The van der Waals surface area contributed by atoms with Crippen LogP contribution in [0.15, 0.2) is 48.6 Å². The molecule has 0 saturated carbocycles. The fraction of sp³-hybridized carbons (Fsp3) is 0.471. The predicted octanol–water partition coefficient (Wildman–Crippen LogP) is 4.74. The molecule has 9 nitrogen and oxygen atoms in total. The number of hydrogen-bond donors (Lipinski definition) is 0. The van der Waals surface area contributed by atoms with E-state index in [0.29, 0.717) is 51.3 Å². The number of piperazine rings is 1. The molecule has 0 aliphatic carbocycles. The number of allylic oxidation sites excluding steroid dienone is 1. The maximum atomic E-state index is 12.8. The quantitative estimate of drug-likeness (QED) is 0.295. The number of carbonyl (C=O) groups is 1. The number of aryl methyl sites for hydroxylation is 1. The maximum Gasteiger partial charge on any atom is 0.318 e. The van der Waals surface area contributed by atoms with E-state index >= 15 is 0 Å². The molecule has 2 aromatic carbocycles. The van der Waals surface area contributed by atoms with Crippen LogP contribution in [0.2, 0.25) is 0 Å². The molecule has 3 aliphatic rings. The smallest absolute Gasteiger partial charge is 0.318 e. The first-order valence-corrected chi connectivity index (χ1v) is 15.3. The minimum atomic E-state index is -0.229. The minimum Gasteiger partial charge on any atom is -0.462 e. The van der Waals surface area contributed by atoms with Gasteiger partial charge in [0.2, 0.25) is 12.5 Å². The Morgan fingerprint density at radius 2 is 2.00 bits per heavy atom. The molecule has 9 heteroatoms. The lowest BCUT2D eigenvalue weighted by molar-refractivity contribution is -0.128. The van der Waals surface area contributed by atoms with Crippen LogP contribution in [0.4, 0.5) is 5.82 Å². The van der Waals surface area contributed by atoms with E-state index in [-0.39, 0.29) is 24.6 Å². The number of anilines is 1. The topological polar surface area (TPSA) is 75.4 Å². The Morgan fingerprint density at radius 1 is 1.16 bits per heavy atom. The number of carbonyl (C=O) groups excluding carboxylic acids is 1. The van der Waals surface area contributed by atoms with Crippen molar-refractivity contribution >= 4 is 22.5 Å². The third kappa shape index (κ3) is 5.95. The summed E-state index contributed by atoms with van der Waals surface area (Å²) in [7, 11) is 2.14. The first-order chi connectivity index (χ1) is 21.0. The molecule has 1 amide bonds. The zero-order chi connectivity index (χ0) is 29.9. The highest BCUT2D eigenvalue weighted by atomic mass is 16.5. The van der Waals surface area contributed by atoms with E-state index in [1.807, 2.05) is 11.8 Å². The number of likely N-dealkylation sites (N-methyl/N-ethyl adjacent to an activating group) is 1. The van der Waals surface area contributed by atoms with Gasteiger partial charge < -0.3 is 29.0 Å². The van der Waals surface area contributed by atoms with Crippen molar-refractivity contribution in [3.8, 4) is 6.01 Å². The van der Waals surface area contributed by atoms with E-state index in [2.05, 4.69) is 65.0 Å². The third-order valence-electron chi connectivity index (χ3n) is 9.10. The van der Waals surface area contributed by atoms with Gasteiger partial charge in [0.1, 0.15) is 18.5 Å². The average molecular weight is 581 g/mol. The molecule has 4 heterocycles. The van der Waals surface area contributed by atoms with Crippen LogP contribution in [0.1, 0.15) is 48.3 Å². The lowest BCUT2D eigenvalue weighted by atomic mass is 9.92. The lowest BCUT2D eigenvalue weighted by Crippen LogP contribution is -2.56. The number of aromatic nitrogens is 2. The maximum absolute atomic E-state index is 12.8. The van der Waals surface area contributed by atoms with Crippen LogP contribution in [0, 0.1) is 13.5 Å². The van der Waals surface area contributed by atoms with E-state index in [9.17, 15) is 4.79 Å². The molecule has 0 spiro atoms. The number of nitrogens with zero attached hydrogens (tertiary/aromatic N) is 6. The van der Waals surface area contributed by atoms with Gasteiger partial charge >= 0.3 is 6.01 Å². The molecule has 3 aliphatic heterocycles. The summed E-state index contributed by atoms with van der Waals surface area (Å²) in [5.41, 5.74) is 4.31. The van der Waals surface area contributed by atoms with Gasteiger partial charge in [-0.25, -0.2) is 6.57 Å². The van der Waals surface area contributed by atoms with Crippen molar-refractivity contribution in [1.29, 1.82) is 0 Å². The highest BCUT2D eigenvalue weighted by Gasteiger charge is 2.36. The molecule has 3 atom stereocenters. The first-order valence-electron chi connectivity index (χ1n) is 15.3. The van der Waals surface area contributed by atoms with E-state index < -0.39 is 0 Å². The van der Waals surface area contributed by atoms with Crippen molar-refractivity contribution < 1.29 is 14.3 Å². The molecule has 1 aromatic heterocycles. The molecule has 0 bridgehead atoms. The third-order valence-corrected chi connectivity index (χ3v) is 9.10. The van der Waals surface area contributed by atoms with Crippen molar-refractivity contribution in [2.24, 2.45) is 0 Å². The van der Waals surface area contributed by atoms with Gasteiger partial charge in [0.15, 0.2) is 0 Å². The molecule has 43 heavy (non-hydrogen) atoms. The Morgan fingerprint density at radius 3 is 2.77 bits per heavy atom. The fourth-order valence-electron chi connectivity index (χ4n) is 6.79. The molecule has 2 saturated heterocycles. The summed E-state index contributed by atoms with van der Waals surface area (Å²) in [6.07, 6.45) is 6.07. The summed E-state index contributed by atoms with van der Waals surface area (Å²) in [4.78, 5) is 32.7. The van der Waals surface area contributed by atoms with Crippen LogP contribution in [0.5, 0.6) is 6.01 Å². The van der Waals surface area contributed by atoms with Crippen LogP contribution in [0.3, 0.4) is 0 Å². The van der Waals surface area contributed by atoms with Crippen molar-refractivity contribution in [2.75, 3.05) is 51.3 Å². The molecule has 3 aromatic rings.